The maximum atomic E-state index is 12.1. The van der Waals surface area contributed by atoms with E-state index in [4.69, 9.17) is 0 Å². The number of nitrogens with zero attached hydrogens (tertiary/aromatic N) is 4. The molecule has 0 atom stereocenters. The van der Waals surface area contributed by atoms with Crippen LogP contribution in [0, 0.1) is 0 Å². The van der Waals surface area contributed by atoms with Gasteiger partial charge in [-0.1, -0.05) is 0 Å². The van der Waals surface area contributed by atoms with Crippen LogP contribution in [0.5, 0.6) is 0 Å². The molecule has 5 nitrogen and oxygen atoms in total. The Bertz CT molecular complexity index is 585. The van der Waals surface area contributed by atoms with Crippen LogP contribution in [0.4, 0.5) is 0 Å². The van der Waals surface area contributed by atoms with Gasteiger partial charge in [0.25, 0.3) is 5.56 Å². The molecule has 0 spiro atoms. The van der Waals surface area contributed by atoms with Crippen molar-refractivity contribution in [1.82, 2.24) is 19.3 Å². The summed E-state index contributed by atoms with van der Waals surface area (Å²) in [5, 5.41) is 4.06. The molecule has 0 saturated heterocycles. The molecule has 82 valence electrons. The quantitative estimate of drug-likeness (QED) is 0.838. The van der Waals surface area contributed by atoms with E-state index in [0.29, 0.717) is 11.9 Å². The van der Waals surface area contributed by atoms with E-state index >= 15 is 0 Å². The van der Waals surface area contributed by atoms with Crippen molar-refractivity contribution in [1.29, 1.82) is 0 Å². The second kappa shape index (κ2) is 3.55. The molecule has 2 heterocycles. The highest BCUT2D eigenvalue weighted by atomic mass is 79.9. The maximum absolute atomic E-state index is 12.1. The molecule has 0 aliphatic heterocycles. The predicted octanol–water partition coefficient (Wildman–Crippen LogP) is 1.53. The molecular formula is C10H9BrN4O. The van der Waals surface area contributed by atoms with Crippen molar-refractivity contribution in [2.75, 3.05) is 0 Å². The predicted molar refractivity (Wildman–Crippen MR) is 61.6 cm³/mol. The summed E-state index contributed by atoms with van der Waals surface area (Å²) in [6, 6.07) is 0.355. The average molecular weight is 281 g/mol. The lowest BCUT2D eigenvalue weighted by molar-refractivity contribution is 0.677. The fraction of sp³-hybridized carbons (Fsp3) is 0.300. The zero-order valence-electron chi connectivity index (χ0n) is 8.38. The van der Waals surface area contributed by atoms with Gasteiger partial charge in [-0.3, -0.25) is 4.79 Å². The zero-order chi connectivity index (χ0) is 11.1. The first-order valence-corrected chi connectivity index (χ1v) is 5.83. The van der Waals surface area contributed by atoms with Gasteiger partial charge < -0.3 is 4.57 Å². The second-order valence-electron chi connectivity index (χ2n) is 3.80. The fourth-order valence-corrected chi connectivity index (χ4v) is 1.91. The molecule has 1 fully saturated rings. The van der Waals surface area contributed by atoms with Gasteiger partial charge in [0.05, 0.1) is 10.7 Å². The minimum absolute atomic E-state index is 0.0828. The van der Waals surface area contributed by atoms with Gasteiger partial charge in [0.1, 0.15) is 0 Å². The molecule has 0 N–H and O–H groups in total. The van der Waals surface area contributed by atoms with Crippen molar-refractivity contribution in [2.24, 2.45) is 0 Å². The average Bonchev–Trinajstić information content (AvgIpc) is 3.02. The van der Waals surface area contributed by atoms with Crippen molar-refractivity contribution in [3.63, 3.8) is 0 Å². The van der Waals surface area contributed by atoms with Gasteiger partial charge in [0.15, 0.2) is 0 Å². The van der Waals surface area contributed by atoms with Crippen LogP contribution in [0.3, 0.4) is 0 Å². The van der Waals surface area contributed by atoms with E-state index in [1.54, 1.807) is 29.4 Å². The van der Waals surface area contributed by atoms with Gasteiger partial charge in [-0.2, -0.15) is 5.10 Å². The lowest BCUT2D eigenvalue weighted by atomic mass is 10.5. The van der Waals surface area contributed by atoms with E-state index < -0.39 is 0 Å². The first-order chi connectivity index (χ1) is 7.75. The Balaban J connectivity index is 2.14. The Morgan fingerprint density at radius 1 is 1.44 bits per heavy atom. The van der Waals surface area contributed by atoms with Crippen LogP contribution in [-0.4, -0.2) is 19.3 Å². The standard InChI is InChI=1S/C10H9BrN4O/c11-7-5-13-15(6-7)9-10(16)14(4-3-12-9)8-1-2-8/h3-6,8H,1-2H2. The third-order valence-electron chi connectivity index (χ3n) is 2.56. The summed E-state index contributed by atoms with van der Waals surface area (Å²) < 4.78 is 4.05. The Kier molecular flexibility index (Phi) is 2.17. The van der Waals surface area contributed by atoms with E-state index in [0.717, 1.165) is 17.3 Å². The Morgan fingerprint density at radius 3 is 2.88 bits per heavy atom. The molecular weight excluding hydrogens is 272 g/mol. The summed E-state index contributed by atoms with van der Waals surface area (Å²) in [6.07, 6.45) is 8.89. The first kappa shape index (κ1) is 9.77. The van der Waals surface area contributed by atoms with Gasteiger partial charge in [-0.25, -0.2) is 9.67 Å². The van der Waals surface area contributed by atoms with E-state index in [-0.39, 0.29) is 5.56 Å². The molecule has 0 amide bonds. The summed E-state index contributed by atoms with van der Waals surface area (Å²) in [5.41, 5.74) is -0.0828. The molecule has 0 radical (unpaired) electrons. The molecule has 0 aromatic carbocycles. The highest BCUT2D eigenvalue weighted by Crippen LogP contribution is 2.33. The summed E-state index contributed by atoms with van der Waals surface area (Å²) in [7, 11) is 0. The van der Waals surface area contributed by atoms with Crippen LogP contribution in [0.2, 0.25) is 0 Å². The van der Waals surface area contributed by atoms with Gasteiger partial charge in [0.2, 0.25) is 5.82 Å². The van der Waals surface area contributed by atoms with Gasteiger partial charge in [-0.15, -0.1) is 0 Å². The molecule has 16 heavy (non-hydrogen) atoms. The molecule has 1 aliphatic carbocycles. The van der Waals surface area contributed by atoms with Crippen LogP contribution in [-0.2, 0) is 0 Å². The van der Waals surface area contributed by atoms with Crippen molar-refractivity contribution in [2.45, 2.75) is 18.9 Å². The molecule has 6 heteroatoms. The van der Waals surface area contributed by atoms with Gasteiger partial charge >= 0.3 is 0 Å². The van der Waals surface area contributed by atoms with Crippen LogP contribution in [0.25, 0.3) is 5.82 Å². The molecule has 1 saturated carbocycles. The topological polar surface area (TPSA) is 52.7 Å². The number of hydrogen-bond donors (Lipinski definition) is 0. The normalized spacial score (nSPS) is 15.3. The minimum atomic E-state index is -0.0828. The zero-order valence-corrected chi connectivity index (χ0v) is 9.96. The van der Waals surface area contributed by atoms with Crippen LogP contribution < -0.4 is 5.56 Å². The van der Waals surface area contributed by atoms with E-state index in [1.165, 1.54) is 4.68 Å². The summed E-state index contributed by atoms with van der Waals surface area (Å²) in [5.74, 6) is 0.347. The van der Waals surface area contributed by atoms with Crippen molar-refractivity contribution in [3.8, 4) is 5.82 Å². The molecule has 2 aromatic heterocycles. The van der Waals surface area contributed by atoms with Crippen LogP contribution in [0.15, 0.2) is 34.1 Å². The lowest BCUT2D eigenvalue weighted by Crippen LogP contribution is -2.24. The molecule has 0 bridgehead atoms. The van der Waals surface area contributed by atoms with Crippen molar-refractivity contribution >= 4 is 15.9 Å². The largest absolute Gasteiger partial charge is 0.308 e. The monoisotopic (exact) mass is 280 g/mol. The SMILES string of the molecule is O=c1c(-n2cc(Br)cn2)nccn1C1CC1. The van der Waals surface area contributed by atoms with Crippen molar-refractivity contribution < 1.29 is 0 Å². The molecule has 0 unspecified atom stereocenters. The van der Waals surface area contributed by atoms with E-state index in [2.05, 4.69) is 26.0 Å². The Labute approximate surface area is 99.9 Å². The lowest BCUT2D eigenvalue weighted by Gasteiger charge is -2.04. The van der Waals surface area contributed by atoms with Crippen LogP contribution >= 0.6 is 15.9 Å². The minimum Gasteiger partial charge on any atom is -0.308 e. The Hall–Kier alpha value is -1.43. The number of aromatic nitrogens is 4. The highest BCUT2D eigenvalue weighted by Gasteiger charge is 2.25. The van der Waals surface area contributed by atoms with Gasteiger partial charge in [-0.05, 0) is 28.8 Å². The Morgan fingerprint density at radius 2 is 2.25 bits per heavy atom. The molecule has 1 aliphatic rings. The summed E-state index contributed by atoms with van der Waals surface area (Å²) in [4.78, 5) is 16.2. The van der Waals surface area contributed by atoms with Crippen molar-refractivity contribution in [3.05, 3.63) is 39.6 Å². The summed E-state index contributed by atoms with van der Waals surface area (Å²) in [6.45, 7) is 0. The fourth-order valence-electron chi connectivity index (χ4n) is 1.63. The van der Waals surface area contributed by atoms with Gasteiger partial charge in [0, 0.05) is 24.6 Å². The molecule has 3 rings (SSSR count). The van der Waals surface area contributed by atoms with E-state index in [1.807, 2.05) is 0 Å². The third-order valence-corrected chi connectivity index (χ3v) is 2.97. The van der Waals surface area contributed by atoms with E-state index in [9.17, 15) is 4.79 Å². The maximum Gasteiger partial charge on any atom is 0.295 e. The molecule has 2 aromatic rings. The second-order valence-corrected chi connectivity index (χ2v) is 4.71. The number of rotatable bonds is 2. The number of halogens is 1. The first-order valence-electron chi connectivity index (χ1n) is 5.03. The summed E-state index contributed by atoms with van der Waals surface area (Å²) >= 11 is 3.29. The number of hydrogen-bond acceptors (Lipinski definition) is 3. The third kappa shape index (κ3) is 1.59. The smallest absolute Gasteiger partial charge is 0.295 e. The van der Waals surface area contributed by atoms with Crippen LogP contribution in [0.1, 0.15) is 18.9 Å². The highest BCUT2D eigenvalue weighted by molar-refractivity contribution is 9.10.